The lowest BCUT2D eigenvalue weighted by atomic mass is 10.1. The van der Waals surface area contributed by atoms with Gasteiger partial charge in [-0.15, -0.1) is 0 Å². The quantitative estimate of drug-likeness (QED) is 0.706. The van der Waals surface area contributed by atoms with Crippen molar-refractivity contribution in [1.82, 2.24) is 0 Å². The molecule has 2 aromatic carbocycles. The largest absolute Gasteiger partial charge is 0.465 e. The first kappa shape index (κ1) is 21.4. The third-order valence-electron chi connectivity index (χ3n) is 5.05. The minimum absolute atomic E-state index is 0.0814. The van der Waals surface area contributed by atoms with Crippen molar-refractivity contribution in [3.8, 4) is 0 Å². The highest BCUT2D eigenvalue weighted by Gasteiger charge is 2.19. The van der Waals surface area contributed by atoms with E-state index in [2.05, 4.69) is 15.5 Å². The van der Waals surface area contributed by atoms with E-state index in [4.69, 9.17) is 4.74 Å². The summed E-state index contributed by atoms with van der Waals surface area (Å²) >= 11 is 0. The number of amides is 2. The van der Waals surface area contributed by atoms with Gasteiger partial charge in [-0.1, -0.05) is 13.8 Å². The number of carbonyl (C=O) groups excluding carboxylic acids is 3. The van der Waals surface area contributed by atoms with Crippen LogP contribution in [0.25, 0.3) is 0 Å². The summed E-state index contributed by atoms with van der Waals surface area (Å²) in [5, 5.41) is 5.73. The van der Waals surface area contributed by atoms with E-state index < -0.39 is 5.97 Å². The Hall–Kier alpha value is -3.35. The number of nitrogens with zero attached hydrogens (tertiary/aromatic N) is 1. The van der Waals surface area contributed by atoms with Crippen molar-refractivity contribution in [1.29, 1.82) is 0 Å². The molecule has 0 aromatic heterocycles. The van der Waals surface area contributed by atoms with Crippen LogP contribution in [0.2, 0.25) is 0 Å². The SMILES string of the molecule is COC(=O)c1ccc(N2CCCC2)c(NC(=O)c2ccc(NC(=O)C(C)C)cc2)c1. The first-order valence-corrected chi connectivity index (χ1v) is 10.1. The predicted octanol–water partition coefficient (Wildman–Crippen LogP) is 3.92. The third-order valence-corrected chi connectivity index (χ3v) is 5.05. The highest BCUT2D eigenvalue weighted by molar-refractivity contribution is 6.07. The second-order valence-corrected chi connectivity index (χ2v) is 7.59. The van der Waals surface area contributed by atoms with Crippen molar-refractivity contribution in [2.45, 2.75) is 26.7 Å². The van der Waals surface area contributed by atoms with Crippen LogP contribution in [0.15, 0.2) is 42.5 Å². The molecule has 2 amide bonds. The molecule has 1 aliphatic rings. The summed E-state index contributed by atoms with van der Waals surface area (Å²) in [6, 6.07) is 11.9. The molecule has 0 atom stereocenters. The lowest BCUT2D eigenvalue weighted by molar-refractivity contribution is -0.118. The van der Waals surface area contributed by atoms with Gasteiger partial charge in [0, 0.05) is 30.3 Å². The van der Waals surface area contributed by atoms with Gasteiger partial charge in [-0.05, 0) is 55.3 Å². The van der Waals surface area contributed by atoms with Gasteiger partial charge in [-0.2, -0.15) is 0 Å². The molecule has 0 saturated carbocycles. The summed E-state index contributed by atoms with van der Waals surface area (Å²) in [4.78, 5) is 38.8. The van der Waals surface area contributed by atoms with Crippen LogP contribution in [-0.2, 0) is 9.53 Å². The minimum Gasteiger partial charge on any atom is -0.465 e. The van der Waals surface area contributed by atoms with E-state index in [1.165, 1.54) is 7.11 Å². The monoisotopic (exact) mass is 409 g/mol. The molecule has 2 aromatic rings. The van der Waals surface area contributed by atoms with Gasteiger partial charge in [0.15, 0.2) is 0 Å². The maximum Gasteiger partial charge on any atom is 0.337 e. The summed E-state index contributed by atoms with van der Waals surface area (Å²) in [5.74, 6) is -0.955. The van der Waals surface area contributed by atoms with Crippen molar-refractivity contribution < 1.29 is 19.1 Å². The number of ether oxygens (including phenoxy) is 1. The van der Waals surface area contributed by atoms with Gasteiger partial charge in [0.25, 0.3) is 5.91 Å². The maximum atomic E-state index is 12.8. The van der Waals surface area contributed by atoms with Crippen LogP contribution in [0, 0.1) is 5.92 Å². The number of carbonyl (C=O) groups is 3. The summed E-state index contributed by atoms with van der Waals surface area (Å²) in [5.41, 5.74) is 2.92. The van der Waals surface area contributed by atoms with Crippen LogP contribution in [0.4, 0.5) is 17.1 Å². The van der Waals surface area contributed by atoms with Gasteiger partial charge < -0.3 is 20.3 Å². The van der Waals surface area contributed by atoms with E-state index in [1.54, 1.807) is 36.4 Å². The molecule has 0 aliphatic carbocycles. The van der Waals surface area contributed by atoms with Crippen molar-refractivity contribution in [2.75, 3.05) is 35.7 Å². The van der Waals surface area contributed by atoms with E-state index in [0.717, 1.165) is 31.6 Å². The first-order chi connectivity index (χ1) is 14.4. The molecule has 1 aliphatic heterocycles. The van der Waals surface area contributed by atoms with Crippen molar-refractivity contribution in [3.63, 3.8) is 0 Å². The number of hydrogen-bond acceptors (Lipinski definition) is 5. The molecule has 0 spiro atoms. The molecule has 7 nitrogen and oxygen atoms in total. The Morgan fingerprint density at radius 3 is 2.17 bits per heavy atom. The van der Waals surface area contributed by atoms with E-state index in [9.17, 15) is 14.4 Å². The average Bonchev–Trinajstić information content (AvgIpc) is 3.28. The lowest BCUT2D eigenvalue weighted by Gasteiger charge is -2.22. The molecule has 3 rings (SSSR count). The number of benzene rings is 2. The van der Waals surface area contributed by atoms with Crippen LogP contribution in [0.1, 0.15) is 47.4 Å². The average molecular weight is 409 g/mol. The predicted molar refractivity (Wildman–Crippen MR) is 117 cm³/mol. The molecule has 0 radical (unpaired) electrons. The zero-order valence-corrected chi connectivity index (χ0v) is 17.5. The molecule has 0 unspecified atom stereocenters. The van der Waals surface area contributed by atoms with Gasteiger partial charge in [0.2, 0.25) is 5.91 Å². The highest BCUT2D eigenvalue weighted by atomic mass is 16.5. The van der Waals surface area contributed by atoms with Crippen molar-refractivity contribution in [2.24, 2.45) is 5.92 Å². The summed E-state index contributed by atoms with van der Waals surface area (Å²) < 4.78 is 4.81. The topological polar surface area (TPSA) is 87.7 Å². The van der Waals surface area contributed by atoms with Gasteiger partial charge in [-0.25, -0.2) is 4.79 Å². The zero-order chi connectivity index (χ0) is 21.7. The first-order valence-electron chi connectivity index (χ1n) is 10.1. The van der Waals surface area contributed by atoms with Crippen molar-refractivity contribution >= 4 is 34.8 Å². The minimum atomic E-state index is -0.455. The summed E-state index contributed by atoms with van der Waals surface area (Å²) in [7, 11) is 1.33. The Morgan fingerprint density at radius 2 is 1.57 bits per heavy atom. The van der Waals surface area contributed by atoms with E-state index in [-0.39, 0.29) is 17.7 Å². The molecule has 2 N–H and O–H groups in total. The van der Waals surface area contributed by atoms with E-state index in [0.29, 0.717) is 22.5 Å². The molecule has 158 valence electrons. The second kappa shape index (κ2) is 9.43. The molecule has 1 heterocycles. The fourth-order valence-electron chi connectivity index (χ4n) is 3.30. The Bertz CT molecular complexity index is 932. The molecular weight excluding hydrogens is 382 g/mol. The molecule has 7 heteroatoms. The summed E-state index contributed by atoms with van der Waals surface area (Å²) in [6.45, 7) is 5.45. The van der Waals surface area contributed by atoms with E-state index in [1.807, 2.05) is 19.9 Å². The van der Waals surface area contributed by atoms with Crippen LogP contribution in [-0.4, -0.2) is 38.0 Å². The molecule has 30 heavy (non-hydrogen) atoms. The van der Waals surface area contributed by atoms with Crippen molar-refractivity contribution in [3.05, 3.63) is 53.6 Å². The van der Waals surface area contributed by atoms with Gasteiger partial charge in [0.05, 0.1) is 24.0 Å². The Morgan fingerprint density at radius 1 is 0.933 bits per heavy atom. The van der Waals surface area contributed by atoms with Gasteiger partial charge in [0.1, 0.15) is 0 Å². The number of nitrogens with one attached hydrogen (secondary N) is 2. The van der Waals surface area contributed by atoms with Crippen LogP contribution in [0.5, 0.6) is 0 Å². The molecular formula is C23H27N3O4. The van der Waals surface area contributed by atoms with E-state index >= 15 is 0 Å². The fraction of sp³-hybridized carbons (Fsp3) is 0.348. The second-order valence-electron chi connectivity index (χ2n) is 7.59. The Balaban J connectivity index is 1.80. The smallest absolute Gasteiger partial charge is 0.337 e. The lowest BCUT2D eigenvalue weighted by Crippen LogP contribution is -2.22. The standard InChI is InChI=1S/C23H27N3O4/c1-15(2)21(27)24-18-9-6-16(7-10-18)22(28)25-19-14-17(23(29)30-3)8-11-20(19)26-12-4-5-13-26/h6-11,14-15H,4-5,12-13H2,1-3H3,(H,24,27)(H,25,28). The number of hydrogen-bond donors (Lipinski definition) is 2. The van der Waals surface area contributed by atoms with Gasteiger partial charge >= 0.3 is 5.97 Å². The summed E-state index contributed by atoms with van der Waals surface area (Å²) in [6.07, 6.45) is 2.19. The highest BCUT2D eigenvalue weighted by Crippen LogP contribution is 2.31. The zero-order valence-electron chi connectivity index (χ0n) is 17.5. The normalized spacial score (nSPS) is 13.3. The number of rotatable bonds is 6. The number of methoxy groups -OCH3 is 1. The fourth-order valence-corrected chi connectivity index (χ4v) is 3.30. The Kier molecular flexibility index (Phi) is 6.72. The maximum absolute atomic E-state index is 12.8. The Labute approximate surface area is 176 Å². The number of anilines is 3. The van der Waals surface area contributed by atoms with Gasteiger partial charge in [-0.3, -0.25) is 9.59 Å². The third kappa shape index (κ3) is 4.97. The molecule has 1 fully saturated rings. The van der Waals surface area contributed by atoms with Crippen LogP contribution in [0.3, 0.4) is 0 Å². The molecule has 1 saturated heterocycles. The van der Waals surface area contributed by atoms with Crippen LogP contribution < -0.4 is 15.5 Å². The molecule has 0 bridgehead atoms. The van der Waals surface area contributed by atoms with Crippen LogP contribution >= 0.6 is 0 Å². The number of esters is 1.